The minimum absolute atomic E-state index is 0. The Morgan fingerprint density at radius 1 is 1.19 bits per heavy atom. The van der Waals surface area contributed by atoms with Crippen LogP contribution in [0.15, 0.2) is 35.6 Å². The van der Waals surface area contributed by atoms with E-state index in [0.717, 1.165) is 23.6 Å². The van der Waals surface area contributed by atoms with E-state index in [0.29, 0.717) is 25.6 Å². The number of carbonyl (C=O) groups is 1. The first-order chi connectivity index (χ1) is 14.3. The highest BCUT2D eigenvalue weighted by Crippen LogP contribution is 2.11. The molecule has 0 atom stereocenters. The van der Waals surface area contributed by atoms with Crippen LogP contribution >= 0.6 is 24.0 Å². The van der Waals surface area contributed by atoms with Crippen LogP contribution in [0, 0.1) is 0 Å². The van der Waals surface area contributed by atoms with Gasteiger partial charge >= 0.3 is 0 Å². The predicted octanol–water partition coefficient (Wildman–Crippen LogP) is 2.12. The molecular weight excluding hydrogens is 509 g/mol. The summed E-state index contributed by atoms with van der Waals surface area (Å²) >= 11 is 0. The number of halogens is 1. The molecule has 0 aliphatic rings. The zero-order valence-electron chi connectivity index (χ0n) is 18.9. The molecule has 0 spiro atoms. The lowest BCUT2D eigenvalue weighted by atomic mass is 10.1. The third kappa shape index (κ3) is 9.99. The Morgan fingerprint density at radius 2 is 1.90 bits per heavy atom. The molecule has 0 aliphatic heterocycles. The van der Waals surface area contributed by atoms with Crippen LogP contribution in [-0.4, -0.2) is 52.4 Å². The number of nitrogens with one attached hydrogen (secondary N) is 3. The third-order valence-corrected chi connectivity index (χ3v) is 4.17. The quantitative estimate of drug-likeness (QED) is 0.254. The number of aliphatic imine (C=N–C) groups is 1. The van der Waals surface area contributed by atoms with Gasteiger partial charge < -0.3 is 25.3 Å². The molecule has 1 aromatic heterocycles. The van der Waals surface area contributed by atoms with Crippen LogP contribution < -0.4 is 20.7 Å². The van der Waals surface area contributed by atoms with E-state index in [2.05, 4.69) is 31.1 Å². The second-order valence-electron chi connectivity index (χ2n) is 7.89. The van der Waals surface area contributed by atoms with Gasteiger partial charge in [-0.25, -0.2) is 4.99 Å². The molecule has 10 heteroatoms. The van der Waals surface area contributed by atoms with Crippen molar-refractivity contribution in [2.24, 2.45) is 4.99 Å². The number of amides is 1. The molecular formula is C21H34IN7O2. The first-order valence-corrected chi connectivity index (χ1v) is 10.1. The van der Waals surface area contributed by atoms with Gasteiger partial charge in [-0.2, -0.15) is 0 Å². The number of guanidine groups is 1. The molecule has 0 radical (unpaired) electrons. The Kier molecular flexibility index (Phi) is 11.3. The van der Waals surface area contributed by atoms with Crippen molar-refractivity contribution in [2.45, 2.75) is 52.7 Å². The Hall–Kier alpha value is -2.37. The molecule has 1 heterocycles. The van der Waals surface area contributed by atoms with Gasteiger partial charge in [0.1, 0.15) is 17.9 Å². The summed E-state index contributed by atoms with van der Waals surface area (Å²) in [6.45, 7) is 9.84. The maximum absolute atomic E-state index is 12.2. The number of hydrogen-bond acceptors (Lipinski definition) is 5. The summed E-state index contributed by atoms with van der Waals surface area (Å²) in [4.78, 5) is 16.8. The lowest BCUT2D eigenvalue weighted by Crippen LogP contribution is -2.48. The Balaban J connectivity index is 0.00000480. The fourth-order valence-corrected chi connectivity index (χ4v) is 2.74. The molecule has 0 unspecified atom stereocenters. The van der Waals surface area contributed by atoms with Crippen LogP contribution in [0.2, 0.25) is 0 Å². The van der Waals surface area contributed by atoms with E-state index >= 15 is 0 Å². The molecule has 0 saturated carbocycles. The second-order valence-corrected chi connectivity index (χ2v) is 7.89. The fraction of sp³-hybridized carbons (Fsp3) is 0.524. The Bertz CT molecular complexity index is 829. The van der Waals surface area contributed by atoms with Crippen molar-refractivity contribution in [3.63, 3.8) is 0 Å². The van der Waals surface area contributed by atoms with E-state index in [9.17, 15) is 4.79 Å². The first kappa shape index (κ1) is 26.7. The van der Waals surface area contributed by atoms with Crippen LogP contribution in [0.5, 0.6) is 5.75 Å². The molecule has 1 amide bonds. The van der Waals surface area contributed by atoms with E-state index in [1.165, 1.54) is 0 Å². The zero-order valence-corrected chi connectivity index (χ0v) is 21.3. The predicted molar refractivity (Wildman–Crippen MR) is 133 cm³/mol. The van der Waals surface area contributed by atoms with Gasteiger partial charge in [-0.05, 0) is 38.5 Å². The molecule has 0 saturated heterocycles. The highest BCUT2D eigenvalue weighted by Gasteiger charge is 2.13. The molecule has 0 bridgehead atoms. The summed E-state index contributed by atoms with van der Waals surface area (Å²) in [7, 11) is 1.64. The number of aromatic nitrogens is 3. The van der Waals surface area contributed by atoms with E-state index < -0.39 is 0 Å². The number of aryl methyl sites for hydroxylation is 1. The first-order valence-electron chi connectivity index (χ1n) is 10.1. The summed E-state index contributed by atoms with van der Waals surface area (Å²) in [6, 6.07) is 7.74. The molecule has 172 valence electrons. The minimum Gasteiger partial charge on any atom is -0.497 e. The molecule has 3 N–H and O–H groups in total. The summed E-state index contributed by atoms with van der Waals surface area (Å²) in [5, 5.41) is 17.4. The van der Waals surface area contributed by atoms with Crippen LogP contribution in [0.1, 0.15) is 39.1 Å². The Morgan fingerprint density at radius 3 is 2.52 bits per heavy atom. The largest absolute Gasteiger partial charge is 0.497 e. The molecule has 1 aromatic carbocycles. The van der Waals surface area contributed by atoms with Crippen molar-refractivity contribution in [3.8, 4) is 5.75 Å². The van der Waals surface area contributed by atoms with Gasteiger partial charge in [-0.3, -0.25) is 4.79 Å². The summed E-state index contributed by atoms with van der Waals surface area (Å²) < 4.78 is 7.19. The topological polar surface area (TPSA) is 105 Å². The van der Waals surface area contributed by atoms with Crippen molar-refractivity contribution in [3.05, 3.63) is 42.0 Å². The van der Waals surface area contributed by atoms with Crippen molar-refractivity contribution in [2.75, 3.05) is 20.2 Å². The van der Waals surface area contributed by atoms with E-state index in [1.807, 2.05) is 56.5 Å². The maximum Gasteiger partial charge on any atom is 0.239 e. The average molecular weight is 543 g/mol. The number of rotatable bonds is 9. The highest BCUT2D eigenvalue weighted by atomic mass is 127. The SMILES string of the molecule is CCc1nncn1CCNC(=NCc1ccc(OC)cc1)NCC(=O)NC(C)(C)C.I. The number of ether oxygens (including phenoxy) is 1. The number of hydrogen-bond donors (Lipinski definition) is 3. The standard InChI is InChI=1S/C21H33N7O2.HI/c1-6-18-27-25-15-28(18)12-11-22-20(24-14-19(29)26-21(2,3)4)23-13-16-7-9-17(30-5)10-8-16;/h7-10,15H,6,11-14H2,1-5H3,(H,26,29)(H2,22,23,24);1H. The number of nitrogens with zero attached hydrogens (tertiary/aromatic N) is 4. The van der Waals surface area contributed by atoms with Gasteiger partial charge in [0.05, 0.1) is 20.2 Å². The van der Waals surface area contributed by atoms with E-state index in [4.69, 9.17) is 4.74 Å². The molecule has 31 heavy (non-hydrogen) atoms. The molecule has 0 fully saturated rings. The maximum atomic E-state index is 12.2. The van der Waals surface area contributed by atoms with Crippen LogP contribution in [0.3, 0.4) is 0 Å². The molecule has 9 nitrogen and oxygen atoms in total. The Labute approximate surface area is 201 Å². The zero-order chi connectivity index (χ0) is 22.0. The summed E-state index contributed by atoms with van der Waals surface area (Å²) in [5.74, 6) is 2.22. The molecule has 0 aliphatic carbocycles. The van der Waals surface area contributed by atoms with E-state index in [-0.39, 0.29) is 42.0 Å². The van der Waals surface area contributed by atoms with E-state index in [1.54, 1.807) is 13.4 Å². The van der Waals surface area contributed by atoms with Crippen LogP contribution in [-0.2, 0) is 24.3 Å². The third-order valence-electron chi connectivity index (χ3n) is 4.17. The number of methoxy groups -OCH3 is 1. The number of carbonyl (C=O) groups excluding carboxylic acids is 1. The summed E-state index contributed by atoms with van der Waals surface area (Å²) in [5.41, 5.74) is 0.764. The lowest BCUT2D eigenvalue weighted by Gasteiger charge is -2.21. The monoisotopic (exact) mass is 543 g/mol. The van der Waals surface area contributed by atoms with Crippen molar-refractivity contribution < 1.29 is 9.53 Å². The van der Waals surface area contributed by atoms with Crippen molar-refractivity contribution >= 4 is 35.8 Å². The fourth-order valence-electron chi connectivity index (χ4n) is 2.74. The van der Waals surface area contributed by atoms with Gasteiger partial charge in [0.2, 0.25) is 5.91 Å². The average Bonchev–Trinajstić information content (AvgIpc) is 3.16. The molecule has 2 rings (SSSR count). The minimum atomic E-state index is -0.280. The molecule has 2 aromatic rings. The second kappa shape index (κ2) is 13.1. The van der Waals surface area contributed by atoms with Gasteiger partial charge in [0.15, 0.2) is 5.96 Å². The number of benzene rings is 1. The van der Waals surface area contributed by atoms with Gasteiger partial charge in [-0.1, -0.05) is 19.1 Å². The van der Waals surface area contributed by atoms with Gasteiger partial charge in [0.25, 0.3) is 0 Å². The summed E-state index contributed by atoms with van der Waals surface area (Å²) in [6.07, 6.45) is 2.54. The van der Waals surface area contributed by atoms with Gasteiger partial charge in [0, 0.05) is 25.0 Å². The van der Waals surface area contributed by atoms with Crippen LogP contribution in [0.25, 0.3) is 0 Å². The smallest absolute Gasteiger partial charge is 0.239 e. The lowest BCUT2D eigenvalue weighted by molar-refractivity contribution is -0.121. The highest BCUT2D eigenvalue weighted by molar-refractivity contribution is 14.0. The normalized spacial score (nSPS) is 11.5. The van der Waals surface area contributed by atoms with Crippen molar-refractivity contribution in [1.82, 2.24) is 30.7 Å². The van der Waals surface area contributed by atoms with Crippen LogP contribution in [0.4, 0.5) is 0 Å². The van der Waals surface area contributed by atoms with Gasteiger partial charge in [-0.15, -0.1) is 34.2 Å². The van der Waals surface area contributed by atoms with Crippen molar-refractivity contribution in [1.29, 1.82) is 0 Å².